The number of benzene rings is 1. The Morgan fingerprint density at radius 2 is 1.91 bits per heavy atom. The molecule has 1 atom stereocenters. The second kappa shape index (κ2) is 9.29. The van der Waals surface area contributed by atoms with Gasteiger partial charge in [0.05, 0.1) is 0 Å². The number of carbonyl (C=O) groups excluding carboxylic acids is 1. The lowest BCUT2D eigenvalue weighted by atomic mass is 9.95. The van der Waals surface area contributed by atoms with Crippen molar-refractivity contribution in [2.75, 3.05) is 31.1 Å². The molecule has 0 bridgehead atoms. The van der Waals surface area contributed by atoms with Crippen LogP contribution in [0.15, 0.2) is 35.0 Å². The third kappa shape index (κ3) is 4.47. The summed E-state index contributed by atoms with van der Waals surface area (Å²) >= 11 is 0. The maximum atomic E-state index is 12.9. The first-order chi connectivity index (χ1) is 16.1. The lowest BCUT2D eigenvalue weighted by Gasteiger charge is -2.34. The molecule has 3 aromatic rings. The Labute approximate surface area is 194 Å². The van der Waals surface area contributed by atoms with Gasteiger partial charge in [0.15, 0.2) is 5.69 Å². The fourth-order valence-electron chi connectivity index (χ4n) is 4.97. The molecule has 2 aliphatic heterocycles. The SMILES string of the molecule is Cc1nonc1C(=O)N1CCC[C@@H](c2nc(C)c3c(n2)N(CCc2ccccc2)CCC3)C1. The Bertz CT molecular complexity index is 1130. The number of hydrogen-bond donors (Lipinski definition) is 0. The van der Waals surface area contributed by atoms with Crippen LogP contribution in [0.2, 0.25) is 0 Å². The second-order valence-corrected chi connectivity index (χ2v) is 9.08. The Balaban J connectivity index is 1.36. The molecule has 0 unspecified atom stereocenters. The standard InChI is InChI=1S/C25H30N6O2/c1-17-21-11-7-13-30(15-12-19-8-4-3-5-9-19)24(21)27-23(26-17)20-10-6-14-31(16-20)25(32)22-18(2)28-33-29-22/h3-5,8-9,20H,6-7,10-16H2,1-2H3/t20-/m1/s1. The Hall–Kier alpha value is -3.29. The van der Waals surface area contributed by atoms with Crippen molar-refractivity contribution in [3.8, 4) is 0 Å². The first-order valence-electron chi connectivity index (χ1n) is 11.8. The van der Waals surface area contributed by atoms with Crippen molar-refractivity contribution in [1.29, 1.82) is 0 Å². The molecule has 1 fully saturated rings. The Morgan fingerprint density at radius 3 is 2.70 bits per heavy atom. The summed E-state index contributed by atoms with van der Waals surface area (Å²) in [6.45, 7) is 7.10. The molecule has 2 aliphatic rings. The lowest BCUT2D eigenvalue weighted by Crippen LogP contribution is -2.40. The zero-order chi connectivity index (χ0) is 22.8. The van der Waals surface area contributed by atoms with E-state index in [0.717, 1.165) is 62.5 Å². The van der Waals surface area contributed by atoms with Crippen LogP contribution < -0.4 is 4.90 Å². The Kier molecular flexibility index (Phi) is 6.07. The molecule has 5 rings (SSSR count). The van der Waals surface area contributed by atoms with Crippen LogP contribution in [0, 0.1) is 13.8 Å². The highest BCUT2D eigenvalue weighted by molar-refractivity contribution is 5.93. The monoisotopic (exact) mass is 446 g/mol. The molecule has 0 radical (unpaired) electrons. The van der Waals surface area contributed by atoms with Crippen LogP contribution in [-0.4, -0.2) is 57.3 Å². The van der Waals surface area contributed by atoms with Crippen LogP contribution in [-0.2, 0) is 12.8 Å². The van der Waals surface area contributed by atoms with Gasteiger partial charge in [0.1, 0.15) is 17.3 Å². The topological polar surface area (TPSA) is 88.2 Å². The quantitative estimate of drug-likeness (QED) is 0.593. The number of carbonyl (C=O) groups is 1. The van der Waals surface area contributed by atoms with Crippen molar-refractivity contribution in [3.05, 3.63) is 64.4 Å². The Morgan fingerprint density at radius 1 is 1.06 bits per heavy atom. The molecule has 1 saturated heterocycles. The molecule has 1 aromatic carbocycles. The number of anilines is 1. The van der Waals surface area contributed by atoms with Gasteiger partial charge in [-0.05, 0) is 56.7 Å². The molecule has 0 aliphatic carbocycles. The fraction of sp³-hybridized carbons (Fsp3) is 0.480. The largest absolute Gasteiger partial charge is 0.356 e. The van der Waals surface area contributed by atoms with Crippen molar-refractivity contribution in [2.45, 2.75) is 51.9 Å². The number of nitrogens with zero attached hydrogens (tertiary/aromatic N) is 6. The van der Waals surface area contributed by atoms with E-state index in [4.69, 9.17) is 14.6 Å². The lowest BCUT2D eigenvalue weighted by molar-refractivity contribution is 0.0692. The van der Waals surface area contributed by atoms with Gasteiger partial charge >= 0.3 is 0 Å². The zero-order valence-corrected chi connectivity index (χ0v) is 19.3. The number of likely N-dealkylation sites (tertiary alicyclic amines) is 1. The van der Waals surface area contributed by atoms with E-state index < -0.39 is 0 Å². The molecule has 8 nitrogen and oxygen atoms in total. The minimum atomic E-state index is -0.127. The van der Waals surface area contributed by atoms with Crippen molar-refractivity contribution < 1.29 is 9.42 Å². The summed E-state index contributed by atoms with van der Waals surface area (Å²) in [6.07, 6.45) is 5.04. The maximum Gasteiger partial charge on any atom is 0.278 e. The van der Waals surface area contributed by atoms with Crippen molar-refractivity contribution >= 4 is 11.7 Å². The van der Waals surface area contributed by atoms with Crippen LogP contribution in [0.4, 0.5) is 5.82 Å². The van der Waals surface area contributed by atoms with Gasteiger partial charge in [-0.15, -0.1) is 0 Å². The van der Waals surface area contributed by atoms with E-state index in [2.05, 4.69) is 52.5 Å². The smallest absolute Gasteiger partial charge is 0.278 e. The van der Waals surface area contributed by atoms with Gasteiger partial charge < -0.3 is 9.80 Å². The minimum Gasteiger partial charge on any atom is -0.356 e. The first-order valence-corrected chi connectivity index (χ1v) is 11.8. The van der Waals surface area contributed by atoms with E-state index in [9.17, 15) is 4.79 Å². The summed E-state index contributed by atoms with van der Waals surface area (Å²) in [4.78, 5) is 27.2. The molecule has 33 heavy (non-hydrogen) atoms. The second-order valence-electron chi connectivity index (χ2n) is 9.08. The molecule has 0 N–H and O–H groups in total. The van der Waals surface area contributed by atoms with E-state index in [1.54, 1.807) is 6.92 Å². The number of rotatable bonds is 5. The average Bonchev–Trinajstić information content (AvgIpc) is 3.28. The van der Waals surface area contributed by atoms with Crippen LogP contribution in [0.3, 0.4) is 0 Å². The molecule has 172 valence electrons. The predicted octanol–water partition coefficient (Wildman–Crippen LogP) is 3.49. The highest BCUT2D eigenvalue weighted by atomic mass is 16.6. The third-order valence-electron chi connectivity index (χ3n) is 6.81. The van der Waals surface area contributed by atoms with Crippen molar-refractivity contribution in [3.63, 3.8) is 0 Å². The molecule has 8 heteroatoms. The van der Waals surface area contributed by atoms with Crippen LogP contribution in [0.1, 0.15) is 64.0 Å². The predicted molar refractivity (Wildman–Crippen MR) is 124 cm³/mol. The van der Waals surface area contributed by atoms with Gasteiger partial charge in [0, 0.05) is 43.4 Å². The number of aromatic nitrogens is 4. The number of aryl methyl sites for hydroxylation is 2. The first kappa shape index (κ1) is 21.6. The molecule has 4 heterocycles. The van der Waals surface area contributed by atoms with Crippen LogP contribution in [0.5, 0.6) is 0 Å². The molecule has 0 saturated carbocycles. The van der Waals surface area contributed by atoms with Crippen molar-refractivity contribution in [2.24, 2.45) is 0 Å². The van der Waals surface area contributed by atoms with Crippen molar-refractivity contribution in [1.82, 2.24) is 25.2 Å². The highest BCUT2D eigenvalue weighted by Gasteiger charge is 2.31. The summed E-state index contributed by atoms with van der Waals surface area (Å²) in [6, 6.07) is 10.6. The maximum absolute atomic E-state index is 12.9. The van der Waals surface area contributed by atoms with Crippen LogP contribution in [0.25, 0.3) is 0 Å². The number of piperidine rings is 1. The van der Waals surface area contributed by atoms with E-state index in [-0.39, 0.29) is 11.8 Å². The van der Waals surface area contributed by atoms with Gasteiger partial charge in [-0.2, -0.15) is 0 Å². The minimum absolute atomic E-state index is 0.116. The third-order valence-corrected chi connectivity index (χ3v) is 6.81. The summed E-state index contributed by atoms with van der Waals surface area (Å²) in [5, 5.41) is 7.55. The molecular weight excluding hydrogens is 416 g/mol. The van der Waals surface area contributed by atoms with E-state index in [1.165, 1.54) is 11.1 Å². The summed E-state index contributed by atoms with van der Waals surface area (Å²) in [5.41, 5.74) is 4.50. The van der Waals surface area contributed by atoms with E-state index >= 15 is 0 Å². The fourth-order valence-corrected chi connectivity index (χ4v) is 4.97. The van der Waals surface area contributed by atoms with Gasteiger partial charge in [-0.1, -0.05) is 35.5 Å². The number of hydrogen-bond acceptors (Lipinski definition) is 7. The highest BCUT2D eigenvalue weighted by Crippen LogP contribution is 2.32. The molecular formula is C25H30N6O2. The summed E-state index contributed by atoms with van der Waals surface area (Å²) < 4.78 is 4.74. The van der Waals surface area contributed by atoms with Gasteiger partial charge in [0.2, 0.25) is 0 Å². The molecule has 1 amide bonds. The average molecular weight is 447 g/mol. The van der Waals surface area contributed by atoms with Gasteiger partial charge in [-0.25, -0.2) is 14.6 Å². The van der Waals surface area contributed by atoms with Gasteiger partial charge in [0.25, 0.3) is 5.91 Å². The van der Waals surface area contributed by atoms with E-state index in [0.29, 0.717) is 24.5 Å². The molecule has 2 aromatic heterocycles. The summed E-state index contributed by atoms with van der Waals surface area (Å²) in [7, 11) is 0. The zero-order valence-electron chi connectivity index (χ0n) is 19.3. The molecule has 0 spiro atoms. The summed E-state index contributed by atoms with van der Waals surface area (Å²) in [5.74, 6) is 1.92. The normalized spacial score (nSPS) is 18.3. The number of amides is 1. The van der Waals surface area contributed by atoms with E-state index in [1.807, 2.05) is 4.90 Å². The van der Waals surface area contributed by atoms with Gasteiger partial charge in [-0.3, -0.25) is 4.79 Å². The van der Waals surface area contributed by atoms with Crippen LogP contribution >= 0.6 is 0 Å². The number of fused-ring (bicyclic) bond motifs is 1.